The predicted octanol–water partition coefficient (Wildman–Crippen LogP) is 2.26. The van der Waals surface area contributed by atoms with E-state index in [1.807, 2.05) is 6.20 Å². The van der Waals surface area contributed by atoms with E-state index in [0.29, 0.717) is 17.9 Å². The van der Waals surface area contributed by atoms with Crippen molar-refractivity contribution in [3.8, 4) is 0 Å². The normalized spacial score (nSPS) is 27.4. The molecule has 2 aliphatic heterocycles. The predicted molar refractivity (Wildman–Crippen MR) is 95.8 cm³/mol. The Morgan fingerprint density at radius 3 is 2.83 bits per heavy atom. The van der Waals surface area contributed by atoms with Crippen LogP contribution in [0, 0.1) is 12.8 Å². The molecule has 4 rings (SSSR count). The number of hydrazine groups is 1. The lowest BCUT2D eigenvalue weighted by atomic mass is 9.81. The summed E-state index contributed by atoms with van der Waals surface area (Å²) in [5, 5.41) is 0. The molecule has 2 aromatic rings. The molecule has 5 heteroatoms. The number of nitrogens with one attached hydrogen (secondary N) is 2. The molecule has 0 amide bonds. The molecule has 0 saturated carbocycles. The minimum absolute atomic E-state index is 0.465. The Balaban J connectivity index is 1.50. The van der Waals surface area contributed by atoms with E-state index in [4.69, 9.17) is 0 Å². The first kappa shape index (κ1) is 15.5. The van der Waals surface area contributed by atoms with Gasteiger partial charge >= 0.3 is 0 Å². The van der Waals surface area contributed by atoms with Crippen molar-refractivity contribution in [3.63, 3.8) is 0 Å². The minimum atomic E-state index is 0.465. The summed E-state index contributed by atoms with van der Waals surface area (Å²) in [6.07, 6.45) is 7.86. The Labute approximate surface area is 143 Å². The molecular formula is C19H25N5. The first-order chi connectivity index (χ1) is 11.8. The highest BCUT2D eigenvalue weighted by atomic mass is 15.4. The molecule has 24 heavy (non-hydrogen) atoms. The fourth-order valence-corrected chi connectivity index (χ4v) is 4.07. The van der Waals surface area contributed by atoms with Gasteiger partial charge in [-0.2, -0.15) is 0 Å². The van der Waals surface area contributed by atoms with Crippen LogP contribution in [0.15, 0.2) is 42.9 Å². The molecule has 0 radical (unpaired) electrons. The Bertz CT molecular complexity index is 657. The zero-order valence-electron chi connectivity index (χ0n) is 14.2. The van der Waals surface area contributed by atoms with Crippen LogP contribution in [0.3, 0.4) is 0 Å². The summed E-state index contributed by atoms with van der Waals surface area (Å²) in [5.41, 5.74) is 9.69. The zero-order valence-corrected chi connectivity index (χ0v) is 14.2. The number of benzene rings is 1. The van der Waals surface area contributed by atoms with Crippen LogP contribution in [0.1, 0.15) is 29.9 Å². The van der Waals surface area contributed by atoms with Crippen molar-refractivity contribution in [1.29, 1.82) is 0 Å². The summed E-state index contributed by atoms with van der Waals surface area (Å²) in [5.74, 6) is 2.14. The molecular weight excluding hydrogens is 298 g/mol. The van der Waals surface area contributed by atoms with Gasteiger partial charge in [0.2, 0.25) is 0 Å². The molecule has 2 N–H and O–H groups in total. The maximum atomic E-state index is 4.48. The van der Waals surface area contributed by atoms with Gasteiger partial charge in [-0.3, -0.25) is 15.8 Å². The second-order valence-corrected chi connectivity index (χ2v) is 6.98. The van der Waals surface area contributed by atoms with Gasteiger partial charge in [0.25, 0.3) is 0 Å². The monoisotopic (exact) mass is 323 g/mol. The molecule has 1 aromatic heterocycles. The fourth-order valence-electron chi connectivity index (χ4n) is 4.07. The van der Waals surface area contributed by atoms with Gasteiger partial charge in [0.15, 0.2) is 0 Å². The van der Waals surface area contributed by atoms with Crippen molar-refractivity contribution in [2.75, 3.05) is 24.5 Å². The molecule has 1 aromatic carbocycles. The number of rotatable bonds is 3. The second-order valence-electron chi connectivity index (χ2n) is 6.98. The summed E-state index contributed by atoms with van der Waals surface area (Å²) in [6.45, 7) is 5.26. The molecule has 5 nitrogen and oxygen atoms in total. The molecule has 0 aliphatic carbocycles. The Morgan fingerprint density at radius 2 is 2.04 bits per heavy atom. The van der Waals surface area contributed by atoms with Gasteiger partial charge in [0.1, 0.15) is 5.82 Å². The van der Waals surface area contributed by atoms with E-state index in [9.17, 15) is 0 Å². The first-order valence-electron chi connectivity index (χ1n) is 8.87. The highest BCUT2D eigenvalue weighted by molar-refractivity contribution is 5.36. The van der Waals surface area contributed by atoms with Crippen LogP contribution >= 0.6 is 0 Å². The quantitative estimate of drug-likeness (QED) is 0.907. The van der Waals surface area contributed by atoms with Gasteiger partial charge in [-0.1, -0.05) is 29.8 Å². The Hall–Kier alpha value is -1.98. The SMILES string of the molecule is Cc1ccc(C2CNNC2C2CCCN(c3cnccn3)C2)cc1. The van der Waals surface area contributed by atoms with Crippen LogP contribution in [0.2, 0.25) is 0 Å². The summed E-state index contributed by atoms with van der Waals surface area (Å²) >= 11 is 0. The van der Waals surface area contributed by atoms with Gasteiger partial charge in [0.05, 0.1) is 6.20 Å². The third-order valence-corrected chi connectivity index (χ3v) is 5.37. The van der Waals surface area contributed by atoms with Crippen molar-refractivity contribution < 1.29 is 0 Å². The van der Waals surface area contributed by atoms with Crippen LogP contribution in [0.25, 0.3) is 0 Å². The van der Waals surface area contributed by atoms with Crippen LogP contribution < -0.4 is 15.8 Å². The summed E-state index contributed by atoms with van der Waals surface area (Å²) in [6, 6.07) is 9.47. The van der Waals surface area contributed by atoms with E-state index in [0.717, 1.165) is 25.5 Å². The summed E-state index contributed by atoms with van der Waals surface area (Å²) in [7, 11) is 0. The number of piperidine rings is 1. The van der Waals surface area contributed by atoms with Crippen molar-refractivity contribution >= 4 is 5.82 Å². The van der Waals surface area contributed by atoms with E-state index in [-0.39, 0.29) is 0 Å². The molecule has 0 spiro atoms. The Kier molecular flexibility index (Phi) is 4.45. The molecule has 2 saturated heterocycles. The fraction of sp³-hybridized carbons (Fsp3) is 0.474. The van der Waals surface area contributed by atoms with Crippen molar-refractivity contribution in [1.82, 2.24) is 20.8 Å². The summed E-state index contributed by atoms with van der Waals surface area (Å²) < 4.78 is 0. The molecule has 3 atom stereocenters. The highest BCUT2D eigenvalue weighted by Crippen LogP contribution is 2.32. The number of anilines is 1. The van der Waals surface area contributed by atoms with E-state index < -0.39 is 0 Å². The van der Waals surface area contributed by atoms with Crippen molar-refractivity contribution in [3.05, 3.63) is 54.0 Å². The van der Waals surface area contributed by atoms with Gasteiger partial charge in [-0.05, 0) is 31.2 Å². The zero-order chi connectivity index (χ0) is 16.4. The molecule has 3 unspecified atom stereocenters. The lowest BCUT2D eigenvalue weighted by Crippen LogP contribution is -2.46. The van der Waals surface area contributed by atoms with Gasteiger partial charge < -0.3 is 4.90 Å². The minimum Gasteiger partial charge on any atom is -0.355 e. The number of hydrogen-bond donors (Lipinski definition) is 2. The number of aryl methyl sites for hydroxylation is 1. The van der Waals surface area contributed by atoms with Crippen molar-refractivity contribution in [2.24, 2.45) is 5.92 Å². The highest BCUT2D eigenvalue weighted by Gasteiger charge is 2.36. The largest absolute Gasteiger partial charge is 0.355 e. The van der Waals surface area contributed by atoms with Gasteiger partial charge in [-0.15, -0.1) is 0 Å². The second kappa shape index (κ2) is 6.87. The average molecular weight is 323 g/mol. The van der Waals surface area contributed by atoms with E-state index in [1.54, 1.807) is 12.4 Å². The maximum absolute atomic E-state index is 4.48. The standard InChI is InChI=1S/C19H25N5/c1-14-4-6-15(7-5-14)17-11-22-23-19(17)16-3-2-10-24(13-16)18-12-20-8-9-21-18/h4-9,12,16-17,19,22-23H,2-3,10-11,13H2,1H3. The van der Waals surface area contributed by atoms with Crippen molar-refractivity contribution in [2.45, 2.75) is 31.7 Å². The first-order valence-corrected chi connectivity index (χ1v) is 8.87. The lowest BCUT2D eigenvalue weighted by molar-refractivity contribution is 0.304. The van der Waals surface area contributed by atoms with Crippen LogP contribution in [-0.2, 0) is 0 Å². The third kappa shape index (κ3) is 3.14. The van der Waals surface area contributed by atoms with E-state index >= 15 is 0 Å². The topological polar surface area (TPSA) is 53.1 Å². The smallest absolute Gasteiger partial charge is 0.147 e. The molecule has 3 heterocycles. The molecule has 0 bridgehead atoms. The molecule has 2 fully saturated rings. The number of aromatic nitrogens is 2. The van der Waals surface area contributed by atoms with Crippen LogP contribution in [0.4, 0.5) is 5.82 Å². The van der Waals surface area contributed by atoms with Crippen LogP contribution in [-0.4, -0.2) is 35.6 Å². The van der Waals surface area contributed by atoms with E-state index in [2.05, 4.69) is 56.9 Å². The van der Waals surface area contributed by atoms with Gasteiger partial charge in [-0.25, -0.2) is 4.98 Å². The molecule has 2 aliphatic rings. The van der Waals surface area contributed by atoms with Crippen LogP contribution in [0.5, 0.6) is 0 Å². The van der Waals surface area contributed by atoms with Gasteiger partial charge in [0, 0.05) is 44.0 Å². The molecule has 126 valence electrons. The maximum Gasteiger partial charge on any atom is 0.147 e. The summed E-state index contributed by atoms with van der Waals surface area (Å²) in [4.78, 5) is 11.1. The number of hydrogen-bond acceptors (Lipinski definition) is 5. The Morgan fingerprint density at radius 1 is 1.17 bits per heavy atom. The van der Waals surface area contributed by atoms with E-state index in [1.165, 1.54) is 24.0 Å². The average Bonchev–Trinajstić information content (AvgIpc) is 3.13. The lowest BCUT2D eigenvalue weighted by Gasteiger charge is -2.37. The third-order valence-electron chi connectivity index (χ3n) is 5.37. The number of nitrogens with zero attached hydrogens (tertiary/aromatic N) is 3.